The van der Waals surface area contributed by atoms with Crippen LogP contribution in [0.4, 0.5) is 4.39 Å². The fraction of sp³-hybridized carbons (Fsp3) is 0.333. The fourth-order valence-electron chi connectivity index (χ4n) is 2.62. The highest BCUT2D eigenvalue weighted by atomic mass is 19.1. The number of pyridine rings is 1. The third-order valence-corrected chi connectivity index (χ3v) is 3.98. The summed E-state index contributed by atoms with van der Waals surface area (Å²) in [5.74, 6) is -1.17. The number of fused-ring (bicyclic) bond motifs is 1. The summed E-state index contributed by atoms with van der Waals surface area (Å²) in [6.07, 6.45) is 3.79. The summed E-state index contributed by atoms with van der Waals surface area (Å²) < 4.78 is 13.6. The second-order valence-electron chi connectivity index (χ2n) is 5.23. The molecule has 1 saturated carbocycles. The van der Waals surface area contributed by atoms with Crippen LogP contribution in [0, 0.1) is 5.82 Å². The number of carbonyl (C=O) groups is 1. The largest absolute Gasteiger partial charge is 0.480 e. The molecule has 0 bridgehead atoms. The van der Waals surface area contributed by atoms with Crippen LogP contribution >= 0.6 is 0 Å². The normalized spacial score (nSPS) is 16.9. The Balaban J connectivity index is 1.89. The van der Waals surface area contributed by atoms with E-state index in [1.54, 1.807) is 18.3 Å². The lowest BCUT2D eigenvalue weighted by Gasteiger charge is -2.38. The van der Waals surface area contributed by atoms with Gasteiger partial charge in [-0.15, -0.1) is 0 Å². The maximum atomic E-state index is 13.6. The van der Waals surface area contributed by atoms with Gasteiger partial charge in [-0.3, -0.25) is 15.1 Å². The number of rotatable bonds is 4. The van der Waals surface area contributed by atoms with Crippen LogP contribution in [0.3, 0.4) is 0 Å². The van der Waals surface area contributed by atoms with Gasteiger partial charge in [-0.1, -0.05) is 6.07 Å². The molecule has 0 atom stereocenters. The maximum Gasteiger partial charge on any atom is 0.323 e. The molecule has 20 heavy (non-hydrogen) atoms. The highest BCUT2D eigenvalue weighted by Gasteiger charge is 2.43. The zero-order valence-electron chi connectivity index (χ0n) is 10.9. The highest BCUT2D eigenvalue weighted by molar-refractivity contribution is 5.82. The standard InChI is InChI=1S/C15H15FN2O2/c16-12-7-10-3-1-6-17-13(10)11(8-12)9-18-15(14(19)20)4-2-5-15/h1,3,6-8,18H,2,4-5,9H2,(H,19,20). The van der Waals surface area contributed by atoms with Crippen molar-refractivity contribution in [2.75, 3.05) is 0 Å². The van der Waals surface area contributed by atoms with E-state index in [9.17, 15) is 14.3 Å². The van der Waals surface area contributed by atoms with Crippen molar-refractivity contribution in [3.8, 4) is 0 Å². The van der Waals surface area contributed by atoms with Gasteiger partial charge in [-0.25, -0.2) is 4.39 Å². The van der Waals surface area contributed by atoms with Gasteiger partial charge >= 0.3 is 5.97 Å². The van der Waals surface area contributed by atoms with Crippen LogP contribution in [0.25, 0.3) is 10.9 Å². The fourth-order valence-corrected chi connectivity index (χ4v) is 2.62. The number of nitrogens with zero attached hydrogens (tertiary/aromatic N) is 1. The summed E-state index contributed by atoms with van der Waals surface area (Å²) in [7, 11) is 0. The molecule has 1 aliphatic rings. The molecule has 104 valence electrons. The summed E-state index contributed by atoms with van der Waals surface area (Å²) in [6.45, 7) is 0.303. The van der Waals surface area contributed by atoms with Crippen molar-refractivity contribution in [3.05, 3.63) is 41.8 Å². The molecule has 1 aliphatic carbocycles. The Labute approximate surface area is 115 Å². The quantitative estimate of drug-likeness (QED) is 0.899. The van der Waals surface area contributed by atoms with Gasteiger partial charge in [0.15, 0.2) is 0 Å². The number of carboxylic acid groups (broad SMARTS) is 1. The summed E-state index contributed by atoms with van der Waals surface area (Å²) in [4.78, 5) is 15.6. The SMILES string of the molecule is O=C(O)C1(NCc2cc(F)cc3cccnc23)CCC1. The molecule has 4 nitrogen and oxygen atoms in total. The average molecular weight is 274 g/mol. The predicted molar refractivity (Wildman–Crippen MR) is 72.8 cm³/mol. The molecule has 2 N–H and O–H groups in total. The first-order chi connectivity index (χ1) is 9.61. The van der Waals surface area contributed by atoms with Crippen LogP contribution in [-0.2, 0) is 11.3 Å². The van der Waals surface area contributed by atoms with E-state index in [0.717, 1.165) is 11.8 Å². The Bertz CT molecular complexity index is 668. The minimum absolute atomic E-state index is 0.303. The Morgan fingerprint density at radius 2 is 2.25 bits per heavy atom. The molecule has 1 aromatic heterocycles. The average Bonchev–Trinajstić information content (AvgIpc) is 2.36. The molecule has 0 aliphatic heterocycles. The van der Waals surface area contributed by atoms with Crippen molar-refractivity contribution in [2.24, 2.45) is 0 Å². The van der Waals surface area contributed by atoms with Crippen LogP contribution in [0.1, 0.15) is 24.8 Å². The van der Waals surface area contributed by atoms with Crippen molar-refractivity contribution in [2.45, 2.75) is 31.3 Å². The Kier molecular flexibility index (Phi) is 3.14. The minimum Gasteiger partial charge on any atom is -0.480 e. The maximum absolute atomic E-state index is 13.6. The molecule has 1 heterocycles. The first-order valence-corrected chi connectivity index (χ1v) is 6.62. The first kappa shape index (κ1) is 13.0. The molecule has 1 aromatic carbocycles. The second kappa shape index (κ2) is 4.83. The molecule has 5 heteroatoms. The second-order valence-corrected chi connectivity index (χ2v) is 5.23. The number of halogens is 1. The van der Waals surface area contributed by atoms with Crippen molar-refractivity contribution in [1.82, 2.24) is 10.3 Å². The van der Waals surface area contributed by atoms with Gasteiger partial charge in [0.1, 0.15) is 11.4 Å². The van der Waals surface area contributed by atoms with E-state index in [0.29, 0.717) is 30.5 Å². The van der Waals surface area contributed by atoms with E-state index in [1.807, 2.05) is 0 Å². The molecule has 0 spiro atoms. The van der Waals surface area contributed by atoms with Gasteiger partial charge in [0.2, 0.25) is 0 Å². The summed E-state index contributed by atoms with van der Waals surface area (Å²) in [5.41, 5.74) is 0.544. The van der Waals surface area contributed by atoms with Crippen molar-refractivity contribution in [3.63, 3.8) is 0 Å². The lowest BCUT2D eigenvalue weighted by atomic mass is 9.76. The van der Waals surface area contributed by atoms with Gasteiger partial charge in [0.25, 0.3) is 0 Å². The van der Waals surface area contributed by atoms with Gasteiger partial charge in [0.05, 0.1) is 5.52 Å². The van der Waals surface area contributed by atoms with Crippen molar-refractivity contribution in [1.29, 1.82) is 0 Å². The molecule has 0 saturated heterocycles. The Morgan fingerprint density at radius 3 is 2.90 bits per heavy atom. The number of hydrogen-bond acceptors (Lipinski definition) is 3. The van der Waals surface area contributed by atoms with Crippen LogP contribution < -0.4 is 5.32 Å². The molecular weight excluding hydrogens is 259 g/mol. The summed E-state index contributed by atoms with van der Waals surface area (Å²) >= 11 is 0. The van der Waals surface area contributed by atoms with Crippen molar-refractivity contribution < 1.29 is 14.3 Å². The zero-order valence-corrected chi connectivity index (χ0v) is 10.9. The van der Waals surface area contributed by atoms with Crippen molar-refractivity contribution >= 4 is 16.9 Å². The third-order valence-electron chi connectivity index (χ3n) is 3.98. The van der Waals surface area contributed by atoms with Gasteiger partial charge in [-0.2, -0.15) is 0 Å². The number of benzene rings is 1. The molecule has 0 radical (unpaired) electrons. The molecule has 2 aromatic rings. The molecule has 0 amide bonds. The highest BCUT2D eigenvalue weighted by Crippen LogP contribution is 2.32. The van der Waals surface area contributed by atoms with Crippen LogP contribution in [-0.4, -0.2) is 21.6 Å². The summed E-state index contributed by atoms with van der Waals surface area (Å²) in [6, 6.07) is 6.40. The third kappa shape index (κ3) is 2.14. The molecule has 3 rings (SSSR count). The van der Waals surface area contributed by atoms with Crippen LogP contribution in [0.5, 0.6) is 0 Å². The number of nitrogens with one attached hydrogen (secondary N) is 1. The zero-order chi connectivity index (χ0) is 14.2. The number of carboxylic acids is 1. The molecule has 0 unspecified atom stereocenters. The van der Waals surface area contributed by atoms with E-state index in [-0.39, 0.29) is 5.82 Å². The first-order valence-electron chi connectivity index (χ1n) is 6.62. The number of aromatic nitrogens is 1. The topological polar surface area (TPSA) is 62.2 Å². The van der Waals surface area contributed by atoms with Gasteiger partial charge < -0.3 is 5.11 Å². The van der Waals surface area contributed by atoms with E-state index in [4.69, 9.17) is 0 Å². The summed E-state index contributed by atoms with van der Waals surface area (Å²) in [5, 5.41) is 13.1. The number of aliphatic carboxylic acids is 1. The smallest absolute Gasteiger partial charge is 0.323 e. The lowest BCUT2D eigenvalue weighted by molar-refractivity contribution is -0.148. The Morgan fingerprint density at radius 1 is 1.45 bits per heavy atom. The molecular formula is C15H15FN2O2. The van der Waals surface area contributed by atoms with E-state index < -0.39 is 11.5 Å². The number of hydrogen-bond donors (Lipinski definition) is 2. The Hall–Kier alpha value is -2.01. The van der Waals surface area contributed by atoms with Gasteiger partial charge in [-0.05, 0) is 43.0 Å². The minimum atomic E-state index is -0.854. The van der Waals surface area contributed by atoms with Gasteiger partial charge in [0, 0.05) is 18.1 Å². The van der Waals surface area contributed by atoms with E-state index in [2.05, 4.69) is 10.3 Å². The van der Waals surface area contributed by atoms with E-state index >= 15 is 0 Å². The lowest BCUT2D eigenvalue weighted by Crippen LogP contribution is -2.56. The van der Waals surface area contributed by atoms with Crippen LogP contribution in [0.15, 0.2) is 30.5 Å². The van der Waals surface area contributed by atoms with E-state index in [1.165, 1.54) is 12.1 Å². The van der Waals surface area contributed by atoms with Crippen LogP contribution in [0.2, 0.25) is 0 Å². The monoisotopic (exact) mass is 274 g/mol. The predicted octanol–water partition coefficient (Wildman–Crippen LogP) is 2.47. The molecule has 1 fully saturated rings.